The molecule has 14 heteroatoms. The van der Waals surface area contributed by atoms with Gasteiger partial charge in [-0.2, -0.15) is 18.4 Å². The highest BCUT2D eigenvalue weighted by Crippen LogP contribution is 2.39. The van der Waals surface area contributed by atoms with Crippen molar-refractivity contribution in [3.8, 4) is 6.07 Å². The summed E-state index contributed by atoms with van der Waals surface area (Å²) in [6, 6.07) is 6.43. The Labute approximate surface area is 199 Å². The first kappa shape index (κ1) is 24.3. The van der Waals surface area contributed by atoms with Gasteiger partial charge in [-0.05, 0) is 30.7 Å². The maximum atomic E-state index is 14.2. The summed E-state index contributed by atoms with van der Waals surface area (Å²) < 4.78 is 75.6. The number of nitriles is 1. The summed E-state index contributed by atoms with van der Waals surface area (Å²) in [5, 5.41) is 15.4. The molecule has 9 nitrogen and oxygen atoms in total. The molecule has 0 aliphatic carbocycles. The average molecular weight is 507 g/mol. The van der Waals surface area contributed by atoms with Crippen LogP contribution in [-0.4, -0.2) is 30.3 Å². The van der Waals surface area contributed by atoms with Gasteiger partial charge < -0.3 is 10.6 Å². The van der Waals surface area contributed by atoms with Crippen molar-refractivity contribution in [1.82, 2.24) is 15.0 Å². The molecule has 1 aliphatic heterocycles. The van der Waals surface area contributed by atoms with Gasteiger partial charge in [0.05, 0.1) is 34.7 Å². The number of alkyl halides is 3. The van der Waals surface area contributed by atoms with Crippen LogP contribution in [0.25, 0.3) is 0 Å². The SMILES string of the molecule is C[C@@H](Nc1ncc(C#N)c(C2CNc3ncc(C(F)(F)F)cc32)n1)c1ccc(NS(=O)O)c(F)c1. The summed E-state index contributed by atoms with van der Waals surface area (Å²) >= 11 is -2.43. The summed E-state index contributed by atoms with van der Waals surface area (Å²) in [5.74, 6) is -1.06. The van der Waals surface area contributed by atoms with Crippen LogP contribution in [0.15, 0.2) is 36.7 Å². The van der Waals surface area contributed by atoms with Crippen LogP contribution in [0.2, 0.25) is 0 Å². The predicted octanol–water partition coefficient (Wildman–Crippen LogP) is 4.18. The highest BCUT2D eigenvalue weighted by molar-refractivity contribution is 7.80. The molecule has 1 aliphatic rings. The van der Waals surface area contributed by atoms with E-state index < -0.39 is 40.8 Å². The summed E-state index contributed by atoms with van der Waals surface area (Å²) in [7, 11) is 0. The van der Waals surface area contributed by atoms with Gasteiger partial charge in [0.25, 0.3) is 11.3 Å². The number of hydrogen-bond acceptors (Lipinski definition) is 7. The highest BCUT2D eigenvalue weighted by atomic mass is 32.2. The third-order valence-corrected chi connectivity index (χ3v) is 5.79. The lowest BCUT2D eigenvalue weighted by atomic mass is 9.95. The minimum atomic E-state index is -4.58. The second-order valence-corrected chi connectivity index (χ2v) is 8.36. The Morgan fingerprint density at radius 1 is 1.29 bits per heavy atom. The van der Waals surface area contributed by atoms with Gasteiger partial charge in [-0.1, -0.05) is 6.07 Å². The first-order valence-electron chi connectivity index (χ1n) is 10.1. The molecule has 4 rings (SSSR count). The molecule has 3 heterocycles. The van der Waals surface area contributed by atoms with E-state index in [9.17, 15) is 27.0 Å². The van der Waals surface area contributed by atoms with Crippen molar-refractivity contribution in [3.05, 3.63) is 70.4 Å². The fourth-order valence-electron chi connectivity index (χ4n) is 3.67. The van der Waals surface area contributed by atoms with E-state index in [1.807, 2.05) is 6.07 Å². The van der Waals surface area contributed by atoms with E-state index in [-0.39, 0.29) is 40.8 Å². The molecule has 2 aromatic heterocycles. The molecule has 0 fully saturated rings. The third-order valence-electron chi connectivity index (χ3n) is 5.40. The number of aromatic nitrogens is 3. The highest BCUT2D eigenvalue weighted by Gasteiger charge is 2.35. The maximum Gasteiger partial charge on any atom is 0.417 e. The Morgan fingerprint density at radius 2 is 2.06 bits per heavy atom. The Hall–Kier alpha value is -3.83. The number of halogens is 4. The normalized spacial score (nSPS) is 16.5. The molecule has 0 radical (unpaired) electrons. The van der Waals surface area contributed by atoms with Crippen LogP contribution in [0, 0.1) is 17.1 Å². The molecule has 35 heavy (non-hydrogen) atoms. The zero-order chi connectivity index (χ0) is 25.3. The number of pyridine rings is 1. The lowest BCUT2D eigenvalue weighted by Crippen LogP contribution is -2.15. The number of rotatable bonds is 6. The molecule has 0 bridgehead atoms. The topological polar surface area (TPSA) is 136 Å². The number of fused-ring (bicyclic) bond motifs is 1. The minimum Gasteiger partial charge on any atom is -0.369 e. The van der Waals surface area contributed by atoms with Crippen molar-refractivity contribution in [2.75, 3.05) is 21.9 Å². The Balaban J connectivity index is 1.62. The van der Waals surface area contributed by atoms with Gasteiger partial charge in [-0.25, -0.2) is 23.6 Å². The summed E-state index contributed by atoms with van der Waals surface area (Å²) in [4.78, 5) is 12.3. The predicted molar refractivity (Wildman–Crippen MR) is 119 cm³/mol. The van der Waals surface area contributed by atoms with Gasteiger partial charge in [0.2, 0.25) is 5.95 Å². The number of hydrogen-bond donors (Lipinski definition) is 4. The lowest BCUT2D eigenvalue weighted by Gasteiger charge is -2.18. The molecule has 4 N–H and O–H groups in total. The maximum absolute atomic E-state index is 14.2. The number of nitrogens with one attached hydrogen (secondary N) is 3. The summed E-state index contributed by atoms with van der Waals surface area (Å²) in [6.07, 6.45) is -2.57. The summed E-state index contributed by atoms with van der Waals surface area (Å²) in [6.45, 7) is 1.88. The van der Waals surface area contributed by atoms with Crippen LogP contribution in [0.1, 0.15) is 46.8 Å². The molecular weight excluding hydrogens is 490 g/mol. The number of nitrogens with zero attached hydrogens (tertiary/aromatic N) is 4. The van der Waals surface area contributed by atoms with E-state index in [0.717, 1.165) is 12.3 Å². The van der Waals surface area contributed by atoms with Crippen molar-refractivity contribution >= 4 is 28.7 Å². The Morgan fingerprint density at radius 3 is 2.71 bits per heavy atom. The number of anilines is 3. The minimum absolute atomic E-state index is 0.0824. The van der Waals surface area contributed by atoms with Gasteiger partial charge in [0.1, 0.15) is 17.7 Å². The van der Waals surface area contributed by atoms with Gasteiger partial charge in [-0.3, -0.25) is 9.27 Å². The first-order valence-corrected chi connectivity index (χ1v) is 11.2. The number of benzene rings is 1. The van der Waals surface area contributed by atoms with Gasteiger partial charge >= 0.3 is 6.18 Å². The monoisotopic (exact) mass is 507 g/mol. The lowest BCUT2D eigenvalue weighted by molar-refractivity contribution is -0.137. The van der Waals surface area contributed by atoms with Gasteiger partial charge in [0, 0.05) is 24.2 Å². The van der Waals surface area contributed by atoms with Crippen molar-refractivity contribution in [1.29, 1.82) is 5.26 Å². The fourth-order valence-corrected chi connectivity index (χ4v) is 4.03. The quantitative estimate of drug-likeness (QED) is 0.288. The zero-order valence-corrected chi connectivity index (χ0v) is 18.7. The van der Waals surface area contributed by atoms with E-state index in [0.29, 0.717) is 5.56 Å². The third kappa shape index (κ3) is 5.15. The van der Waals surface area contributed by atoms with Gasteiger partial charge in [0.15, 0.2) is 0 Å². The Bertz CT molecular complexity index is 1350. The second-order valence-electron chi connectivity index (χ2n) is 7.65. The van der Waals surface area contributed by atoms with E-state index >= 15 is 0 Å². The standard InChI is InChI=1S/C21H17F4N7O2S/c1-10(11-2-3-17(16(22)4-11)32-35(33)34)30-20-29-7-12(6-26)18(31-20)15-9-28-19-14(15)5-13(8-27-19)21(23,24)25/h2-5,7-8,10,15,32H,9H2,1H3,(H,27,28)(H,33,34)(H,29,30,31)/t10-,15?/m1/s1. The summed E-state index contributed by atoms with van der Waals surface area (Å²) in [5.41, 5.74) is -0.00879. The van der Waals surface area contributed by atoms with E-state index in [1.165, 1.54) is 24.4 Å². The smallest absolute Gasteiger partial charge is 0.369 e. The molecule has 0 spiro atoms. The van der Waals surface area contributed by atoms with E-state index in [1.54, 1.807) is 6.92 Å². The van der Waals surface area contributed by atoms with Gasteiger partial charge in [-0.15, -0.1) is 0 Å². The molecular formula is C21H17F4N7O2S. The van der Waals surface area contributed by atoms with Crippen molar-refractivity contribution in [3.63, 3.8) is 0 Å². The van der Waals surface area contributed by atoms with Crippen molar-refractivity contribution in [2.24, 2.45) is 0 Å². The zero-order valence-electron chi connectivity index (χ0n) is 17.9. The molecule has 182 valence electrons. The van der Waals surface area contributed by atoms with E-state index in [4.69, 9.17) is 4.55 Å². The molecule has 0 saturated carbocycles. The van der Waals surface area contributed by atoms with Crippen LogP contribution in [-0.2, 0) is 17.4 Å². The molecule has 3 atom stereocenters. The van der Waals surface area contributed by atoms with Crippen molar-refractivity contribution in [2.45, 2.75) is 25.1 Å². The second kappa shape index (κ2) is 9.43. The van der Waals surface area contributed by atoms with Crippen molar-refractivity contribution < 1.29 is 26.3 Å². The molecule has 0 saturated heterocycles. The largest absolute Gasteiger partial charge is 0.417 e. The molecule has 1 aromatic carbocycles. The first-order chi connectivity index (χ1) is 16.6. The van der Waals surface area contributed by atoms with Crippen LogP contribution >= 0.6 is 0 Å². The molecule has 0 amide bonds. The van der Waals surface area contributed by atoms with Crippen LogP contribution in [0.5, 0.6) is 0 Å². The molecule has 2 unspecified atom stereocenters. The van der Waals surface area contributed by atoms with E-state index in [2.05, 4.69) is 30.3 Å². The fraction of sp³-hybridized carbons (Fsp3) is 0.238. The van der Waals surface area contributed by atoms with Crippen LogP contribution in [0.4, 0.5) is 35.0 Å². The Kier molecular flexibility index (Phi) is 6.55. The molecule has 3 aromatic rings. The van der Waals surface area contributed by atoms with Crippen LogP contribution < -0.4 is 15.4 Å². The van der Waals surface area contributed by atoms with Crippen LogP contribution in [0.3, 0.4) is 0 Å². The average Bonchev–Trinajstić information content (AvgIpc) is 3.22.